The minimum Gasteiger partial charge on any atom is -0.297 e. The molecular formula is C14H21N5. The summed E-state index contributed by atoms with van der Waals surface area (Å²) >= 11 is 0. The molecule has 0 spiro atoms. The smallest absolute Gasteiger partial charge is 0.0764 e. The lowest BCUT2D eigenvalue weighted by Gasteiger charge is -2.23. The van der Waals surface area contributed by atoms with Crippen LogP contribution in [0.15, 0.2) is 30.9 Å². The van der Waals surface area contributed by atoms with E-state index in [1.165, 1.54) is 0 Å². The van der Waals surface area contributed by atoms with Gasteiger partial charge in [0, 0.05) is 50.3 Å². The van der Waals surface area contributed by atoms with Crippen molar-refractivity contribution in [2.24, 2.45) is 0 Å². The van der Waals surface area contributed by atoms with Crippen LogP contribution in [0.1, 0.15) is 25.2 Å². The van der Waals surface area contributed by atoms with E-state index in [4.69, 9.17) is 0 Å². The van der Waals surface area contributed by atoms with E-state index in [1.807, 2.05) is 17.1 Å². The lowest BCUT2D eigenvalue weighted by Crippen LogP contribution is -2.30. The zero-order chi connectivity index (χ0) is 13.7. The Morgan fingerprint density at radius 1 is 1.32 bits per heavy atom. The highest BCUT2D eigenvalue weighted by Crippen LogP contribution is 2.08. The average molecular weight is 259 g/mol. The number of hydrogen-bond donors (Lipinski definition) is 0. The molecule has 2 aromatic heterocycles. The van der Waals surface area contributed by atoms with Crippen molar-refractivity contribution in [1.82, 2.24) is 24.6 Å². The maximum absolute atomic E-state index is 4.51. The van der Waals surface area contributed by atoms with E-state index in [2.05, 4.69) is 46.9 Å². The molecule has 0 aliphatic carbocycles. The van der Waals surface area contributed by atoms with Crippen LogP contribution in [0.25, 0.3) is 0 Å². The summed E-state index contributed by atoms with van der Waals surface area (Å²) in [6.45, 7) is 6.07. The third kappa shape index (κ3) is 3.86. The van der Waals surface area contributed by atoms with Crippen LogP contribution in [0.3, 0.4) is 0 Å². The second-order valence-corrected chi connectivity index (χ2v) is 4.83. The Hall–Kier alpha value is -1.75. The quantitative estimate of drug-likeness (QED) is 0.793. The summed E-state index contributed by atoms with van der Waals surface area (Å²) < 4.78 is 1.95. The van der Waals surface area contributed by atoms with Crippen LogP contribution in [0.2, 0.25) is 0 Å². The van der Waals surface area contributed by atoms with Gasteiger partial charge in [-0.1, -0.05) is 0 Å². The molecule has 1 unspecified atom stereocenters. The molecule has 2 heterocycles. The van der Waals surface area contributed by atoms with Gasteiger partial charge in [0.05, 0.1) is 11.4 Å². The van der Waals surface area contributed by atoms with Crippen molar-refractivity contribution in [1.29, 1.82) is 0 Å². The van der Waals surface area contributed by atoms with Gasteiger partial charge in [0.1, 0.15) is 0 Å². The zero-order valence-electron chi connectivity index (χ0n) is 11.8. The molecule has 0 saturated carbocycles. The topological polar surface area (TPSA) is 46.8 Å². The van der Waals surface area contributed by atoms with E-state index in [0.29, 0.717) is 6.04 Å². The minimum absolute atomic E-state index is 0.406. The van der Waals surface area contributed by atoms with E-state index < -0.39 is 0 Å². The molecule has 2 aromatic rings. The van der Waals surface area contributed by atoms with E-state index in [9.17, 15) is 0 Å². The Morgan fingerprint density at radius 3 is 2.79 bits per heavy atom. The molecule has 0 aliphatic rings. The van der Waals surface area contributed by atoms with Crippen LogP contribution in [-0.2, 0) is 19.5 Å². The van der Waals surface area contributed by atoms with Crippen LogP contribution in [0, 0.1) is 0 Å². The number of hydrogen-bond acceptors (Lipinski definition) is 4. The van der Waals surface area contributed by atoms with Gasteiger partial charge in [0.25, 0.3) is 0 Å². The summed E-state index contributed by atoms with van der Waals surface area (Å²) in [7, 11) is 2.12. The number of likely N-dealkylation sites (N-methyl/N-ethyl adjacent to an activating group) is 1. The Kier molecular flexibility index (Phi) is 4.63. The summed E-state index contributed by atoms with van der Waals surface area (Å²) in [5, 5.41) is 4.51. The fourth-order valence-electron chi connectivity index (χ4n) is 1.97. The SMILES string of the molecule is CCn1ccc(CN(C)C(C)Cc2cnccn2)n1. The lowest BCUT2D eigenvalue weighted by atomic mass is 10.1. The van der Waals surface area contributed by atoms with Crippen LogP contribution in [0.5, 0.6) is 0 Å². The fraction of sp³-hybridized carbons (Fsp3) is 0.500. The Bertz CT molecular complexity index is 494. The number of rotatable bonds is 6. The van der Waals surface area contributed by atoms with Gasteiger partial charge in [-0.25, -0.2) is 0 Å². The van der Waals surface area contributed by atoms with Crippen LogP contribution >= 0.6 is 0 Å². The Labute approximate surface area is 114 Å². The molecule has 0 fully saturated rings. The van der Waals surface area contributed by atoms with Crippen molar-refractivity contribution < 1.29 is 0 Å². The third-order valence-electron chi connectivity index (χ3n) is 3.30. The van der Waals surface area contributed by atoms with Crippen molar-refractivity contribution in [3.8, 4) is 0 Å². The van der Waals surface area contributed by atoms with Crippen LogP contribution in [0.4, 0.5) is 0 Å². The molecular weight excluding hydrogens is 238 g/mol. The molecule has 2 rings (SSSR count). The zero-order valence-corrected chi connectivity index (χ0v) is 11.8. The normalized spacial score (nSPS) is 12.8. The maximum Gasteiger partial charge on any atom is 0.0764 e. The first-order valence-electron chi connectivity index (χ1n) is 6.66. The predicted octanol–water partition coefficient (Wildman–Crippen LogP) is 1.76. The maximum atomic E-state index is 4.51. The van der Waals surface area contributed by atoms with Gasteiger partial charge in [-0.15, -0.1) is 0 Å². The molecule has 102 valence electrons. The highest BCUT2D eigenvalue weighted by Gasteiger charge is 2.12. The molecule has 0 aromatic carbocycles. The van der Waals surface area contributed by atoms with Crippen molar-refractivity contribution in [2.45, 2.75) is 39.4 Å². The van der Waals surface area contributed by atoms with Crippen molar-refractivity contribution in [3.05, 3.63) is 42.2 Å². The molecule has 0 aliphatic heterocycles. The third-order valence-corrected chi connectivity index (χ3v) is 3.30. The average Bonchev–Trinajstić information content (AvgIpc) is 2.87. The van der Waals surface area contributed by atoms with Gasteiger partial charge >= 0.3 is 0 Å². The first-order chi connectivity index (χ1) is 9.19. The Balaban J connectivity index is 1.90. The molecule has 5 heteroatoms. The summed E-state index contributed by atoms with van der Waals surface area (Å²) in [6, 6.07) is 2.48. The van der Waals surface area contributed by atoms with Crippen LogP contribution < -0.4 is 0 Å². The fourth-order valence-corrected chi connectivity index (χ4v) is 1.97. The Morgan fingerprint density at radius 2 is 2.16 bits per heavy atom. The molecule has 0 radical (unpaired) electrons. The number of aryl methyl sites for hydroxylation is 1. The molecule has 5 nitrogen and oxygen atoms in total. The van der Waals surface area contributed by atoms with Crippen LogP contribution in [-0.4, -0.2) is 37.7 Å². The molecule has 0 N–H and O–H groups in total. The number of nitrogens with zero attached hydrogens (tertiary/aromatic N) is 5. The van der Waals surface area contributed by atoms with E-state index in [1.54, 1.807) is 12.4 Å². The van der Waals surface area contributed by atoms with Crippen molar-refractivity contribution >= 4 is 0 Å². The summed E-state index contributed by atoms with van der Waals surface area (Å²) in [5.41, 5.74) is 2.14. The van der Waals surface area contributed by atoms with Gasteiger partial charge in [0.15, 0.2) is 0 Å². The standard InChI is InChI=1S/C14H21N5/c1-4-19-8-5-13(17-19)11-18(3)12(2)9-14-10-15-6-7-16-14/h5-8,10,12H,4,9,11H2,1-3H3. The van der Waals surface area contributed by atoms with Crippen molar-refractivity contribution in [3.63, 3.8) is 0 Å². The number of aromatic nitrogens is 4. The van der Waals surface area contributed by atoms with Gasteiger partial charge < -0.3 is 0 Å². The molecule has 0 amide bonds. The lowest BCUT2D eigenvalue weighted by molar-refractivity contribution is 0.243. The van der Waals surface area contributed by atoms with Gasteiger partial charge in [-0.2, -0.15) is 5.10 Å². The van der Waals surface area contributed by atoms with E-state index >= 15 is 0 Å². The highest BCUT2D eigenvalue weighted by molar-refractivity contribution is 5.01. The molecule has 1 atom stereocenters. The second-order valence-electron chi connectivity index (χ2n) is 4.83. The highest BCUT2D eigenvalue weighted by atomic mass is 15.3. The minimum atomic E-state index is 0.406. The summed E-state index contributed by atoms with van der Waals surface area (Å²) in [4.78, 5) is 10.7. The predicted molar refractivity (Wildman–Crippen MR) is 74.6 cm³/mol. The van der Waals surface area contributed by atoms with E-state index in [-0.39, 0.29) is 0 Å². The second kappa shape index (κ2) is 6.43. The molecule has 0 saturated heterocycles. The van der Waals surface area contributed by atoms with Crippen molar-refractivity contribution in [2.75, 3.05) is 7.05 Å². The molecule has 0 bridgehead atoms. The molecule has 19 heavy (non-hydrogen) atoms. The van der Waals surface area contributed by atoms with Gasteiger partial charge in [-0.05, 0) is 27.0 Å². The first-order valence-corrected chi connectivity index (χ1v) is 6.66. The largest absolute Gasteiger partial charge is 0.297 e. The van der Waals surface area contributed by atoms with E-state index in [0.717, 1.165) is 30.9 Å². The summed E-state index contributed by atoms with van der Waals surface area (Å²) in [6.07, 6.45) is 8.20. The monoisotopic (exact) mass is 259 g/mol. The first kappa shape index (κ1) is 13.7. The summed E-state index contributed by atoms with van der Waals surface area (Å²) in [5.74, 6) is 0. The van der Waals surface area contributed by atoms with Gasteiger partial charge in [0.2, 0.25) is 0 Å². The van der Waals surface area contributed by atoms with Gasteiger partial charge in [-0.3, -0.25) is 19.5 Å².